The fraction of sp³-hybridized carbons (Fsp3) is 0.455. The lowest BCUT2D eigenvalue weighted by Crippen LogP contribution is -2.46. The van der Waals surface area contributed by atoms with Gasteiger partial charge in [0.05, 0.1) is 11.9 Å². The number of likely N-dealkylation sites (N-methyl/N-ethyl adjacent to an activating group) is 1. The topological polar surface area (TPSA) is 51.7 Å². The normalized spacial score (nSPS) is 17.8. The average molecular weight is 380 g/mol. The Hall–Kier alpha value is -2.60. The first-order valence-electron chi connectivity index (χ1n) is 10.3. The highest BCUT2D eigenvalue weighted by molar-refractivity contribution is 6.03. The third-order valence-electron chi connectivity index (χ3n) is 5.76. The molecule has 2 aliphatic heterocycles. The summed E-state index contributed by atoms with van der Waals surface area (Å²) in [6.45, 7) is 9.70. The zero-order valence-corrected chi connectivity index (χ0v) is 16.6. The maximum Gasteiger partial charge on any atom is 0.274 e. The molecule has 0 aliphatic carbocycles. The van der Waals surface area contributed by atoms with E-state index in [1.54, 1.807) is 0 Å². The van der Waals surface area contributed by atoms with Crippen molar-refractivity contribution < 1.29 is 4.79 Å². The summed E-state index contributed by atoms with van der Waals surface area (Å²) in [6.07, 6.45) is 4.33. The van der Waals surface area contributed by atoms with Gasteiger partial charge in [-0.2, -0.15) is 0 Å². The van der Waals surface area contributed by atoms with Gasteiger partial charge in [0.1, 0.15) is 5.69 Å². The largest absolute Gasteiger partial charge is 0.372 e. The van der Waals surface area contributed by atoms with Gasteiger partial charge in [0, 0.05) is 50.6 Å². The van der Waals surface area contributed by atoms with Crippen molar-refractivity contribution in [2.24, 2.45) is 0 Å². The minimum atomic E-state index is -0.170. The third kappa shape index (κ3) is 4.28. The van der Waals surface area contributed by atoms with Crippen LogP contribution in [0.3, 0.4) is 0 Å². The molecule has 2 fully saturated rings. The first kappa shape index (κ1) is 18.7. The van der Waals surface area contributed by atoms with E-state index >= 15 is 0 Å². The third-order valence-corrected chi connectivity index (χ3v) is 5.76. The van der Waals surface area contributed by atoms with E-state index in [0.29, 0.717) is 5.69 Å². The number of hydrogen-bond acceptors (Lipinski definition) is 5. The number of carbonyl (C=O) groups excluding carboxylic acids is 1. The van der Waals surface area contributed by atoms with Crippen molar-refractivity contribution in [3.8, 4) is 0 Å². The van der Waals surface area contributed by atoms with Crippen LogP contribution in [0, 0.1) is 0 Å². The second-order valence-electron chi connectivity index (χ2n) is 7.52. The zero-order valence-electron chi connectivity index (χ0n) is 16.6. The maximum absolute atomic E-state index is 12.5. The summed E-state index contributed by atoms with van der Waals surface area (Å²) in [5.74, 6) is -0.170. The van der Waals surface area contributed by atoms with Gasteiger partial charge in [-0.1, -0.05) is 6.92 Å². The van der Waals surface area contributed by atoms with Gasteiger partial charge in [0.2, 0.25) is 0 Å². The summed E-state index contributed by atoms with van der Waals surface area (Å²) in [4.78, 5) is 24.1. The van der Waals surface area contributed by atoms with Crippen LogP contribution in [0.4, 0.5) is 17.1 Å². The predicted molar refractivity (Wildman–Crippen MR) is 114 cm³/mol. The standard InChI is InChI=1S/C22H29N5O/c1-2-25-13-15-27(16-14-25)20-9-10-21(23-17-20)22(28)24-18-5-7-19(8-6-18)26-11-3-4-12-26/h5-10,17H,2-4,11-16H2,1H3,(H,24,28). The van der Waals surface area contributed by atoms with Crippen molar-refractivity contribution in [1.82, 2.24) is 9.88 Å². The monoisotopic (exact) mass is 379 g/mol. The Bertz CT molecular complexity index is 776. The van der Waals surface area contributed by atoms with Crippen molar-refractivity contribution >= 4 is 23.0 Å². The average Bonchev–Trinajstić information content (AvgIpc) is 3.29. The van der Waals surface area contributed by atoms with Crippen LogP contribution >= 0.6 is 0 Å². The molecule has 1 aromatic heterocycles. The number of pyridine rings is 1. The summed E-state index contributed by atoms with van der Waals surface area (Å²) in [5.41, 5.74) is 3.55. The number of hydrogen-bond donors (Lipinski definition) is 1. The van der Waals surface area contributed by atoms with Crippen molar-refractivity contribution in [3.63, 3.8) is 0 Å². The van der Waals surface area contributed by atoms with Crippen molar-refractivity contribution in [1.29, 1.82) is 0 Å². The highest BCUT2D eigenvalue weighted by Gasteiger charge is 2.17. The van der Waals surface area contributed by atoms with Crippen LogP contribution in [-0.4, -0.2) is 61.6 Å². The Morgan fingerprint density at radius 1 is 0.893 bits per heavy atom. The second-order valence-corrected chi connectivity index (χ2v) is 7.52. The minimum Gasteiger partial charge on any atom is -0.372 e. The van der Waals surface area contributed by atoms with E-state index in [2.05, 4.69) is 44.1 Å². The number of nitrogens with zero attached hydrogens (tertiary/aromatic N) is 4. The Labute approximate surface area is 167 Å². The van der Waals surface area contributed by atoms with Crippen LogP contribution in [0.5, 0.6) is 0 Å². The lowest BCUT2D eigenvalue weighted by Gasteiger charge is -2.35. The van der Waals surface area contributed by atoms with E-state index in [9.17, 15) is 4.79 Å². The molecule has 2 saturated heterocycles. The van der Waals surface area contributed by atoms with Crippen LogP contribution in [0.2, 0.25) is 0 Å². The number of anilines is 3. The minimum absolute atomic E-state index is 0.170. The van der Waals surface area contributed by atoms with Crippen LogP contribution in [0.25, 0.3) is 0 Å². The molecule has 148 valence electrons. The van der Waals surface area contributed by atoms with Crippen molar-refractivity contribution in [2.45, 2.75) is 19.8 Å². The lowest BCUT2D eigenvalue weighted by molar-refractivity contribution is 0.102. The van der Waals surface area contributed by atoms with Crippen molar-refractivity contribution in [3.05, 3.63) is 48.3 Å². The number of amides is 1. The summed E-state index contributed by atoms with van der Waals surface area (Å²) in [7, 11) is 0. The summed E-state index contributed by atoms with van der Waals surface area (Å²) in [5, 5.41) is 2.95. The molecule has 1 aromatic carbocycles. The molecule has 0 bridgehead atoms. The quantitative estimate of drug-likeness (QED) is 0.865. The van der Waals surface area contributed by atoms with Crippen LogP contribution < -0.4 is 15.1 Å². The Morgan fingerprint density at radius 2 is 1.54 bits per heavy atom. The molecule has 0 unspecified atom stereocenters. The molecule has 2 aliphatic rings. The van der Waals surface area contributed by atoms with Gasteiger partial charge >= 0.3 is 0 Å². The molecular weight excluding hydrogens is 350 g/mol. The number of aromatic nitrogens is 1. The fourth-order valence-electron chi connectivity index (χ4n) is 3.96. The van der Waals surface area contributed by atoms with Crippen LogP contribution in [0.15, 0.2) is 42.6 Å². The Balaban J connectivity index is 1.34. The molecule has 0 spiro atoms. The van der Waals surface area contributed by atoms with Gasteiger partial charge in [-0.05, 0) is 55.8 Å². The van der Waals surface area contributed by atoms with E-state index in [4.69, 9.17) is 0 Å². The summed E-state index contributed by atoms with van der Waals surface area (Å²) >= 11 is 0. The smallest absolute Gasteiger partial charge is 0.274 e. The molecule has 1 N–H and O–H groups in total. The molecule has 6 heteroatoms. The molecule has 1 amide bonds. The summed E-state index contributed by atoms with van der Waals surface area (Å²) in [6, 6.07) is 11.9. The number of piperazine rings is 1. The van der Waals surface area contributed by atoms with Crippen molar-refractivity contribution in [2.75, 3.05) is 60.9 Å². The highest BCUT2D eigenvalue weighted by atomic mass is 16.1. The molecule has 0 atom stereocenters. The van der Waals surface area contributed by atoms with E-state index in [1.165, 1.54) is 18.5 Å². The first-order chi connectivity index (χ1) is 13.7. The highest BCUT2D eigenvalue weighted by Crippen LogP contribution is 2.22. The van der Waals surface area contributed by atoms with Gasteiger partial charge in [0.15, 0.2) is 0 Å². The number of nitrogens with one attached hydrogen (secondary N) is 1. The molecule has 3 heterocycles. The number of carbonyl (C=O) groups is 1. The molecule has 0 radical (unpaired) electrons. The Kier molecular flexibility index (Phi) is 5.76. The number of rotatable bonds is 5. The van der Waals surface area contributed by atoms with E-state index < -0.39 is 0 Å². The second kappa shape index (κ2) is 8.61. The van der Waals surface area contributed by atoms with E-state index in [-0.39, 0.29) is 5.91 Å². The summed E-state index contributed by atoms with van der Waals surface area (Å²) < 4.78 is 0. The van der Waals surface area contributed by atoms with Gasteiger partial charge in [-0.15, -0.1) is 0 Å². The van der Waals surface area contributed by atoms with Gasteiger partial charge in [-0.3, -0.25) is 4.79 Å². The van der Waals surface area contributed by atoms with Gasteiger partial charge in [0.25, 0.3) is 5.91 Å². The van der Waals surface area contributed by atoms with E-state index in [0.717, 1.165) is 57.2 Å². The van der Waals surface area contributed by atoms with Gasteiger partial charge < -0.3 is 20.0 Å². The number of benzene rings is 1. The molecule has 6 nitrogen and oxygen atoms in total. The maximum atomic E-state index is 12.5. The molecule has 2 aromatic rings. The molecule has 28 heavy (non-hydrogen) atoms. The zero-order chi connectivity index (χ0) is 19.3. The SMILES string of the molecule is CCN1CCN(c2ccc(C(=O)Nc3ccc(N4CCCC4)cc3)nc2)CC1. The Morgan fingerprint density at radius 3 is 2.14 bits per heavy atom. The lowest BCUT2D eigenvalue weighted by atomic mass is 10.2. The van der Waals surface area contributed by atoms with Crippen LogP contribution in [-0.2, 0) is 0 Å². The predicted octanol–water partition coefficient (Wildman–Crippen LogP) is 3.08. The molecule has 4 rings (SSSR count). The first-order valence-corrected chi connectivity index (χ1v) is 10.3. The van der Waals surface area contributed by atoms with E-state index in [1.807, 2.05) is 30.5 Å². The fourth-order valence-corrected chi connectivity index (χ4v) is 3.96. The molecule has 0 saturated carbocycles. The van der Waals surface area contributed by atoms with Crippen LogP contribution in [0.1, 0.15) is 30.3 Å². The van der Waals surface area contributed by atoms with Gasteiger partial charge in [-0.25, -0.2) is 4.98 Å². The molecular formula is C22H29N5O.